The highest BCUT2D eigenvalue weighted by Gasteiger charge is 2.13. The first kappa shape index (κ1) is 29.3. The molecule has 0 atom stereocenters. The van der Waals surface area contributed by atoms with Crippen molar-refractivity contribution in [2.45, 2.75) is 0 Å². The minimum atomic E-state index is 0.676. The van der Waals surface area contributed by atoms with Gasteiger partial charge >= 0.3 is 0 Å². The standard InChI is InChI=1S/C47H29N3/c1-2-9-36(10-3-1)45-30-46(37-24-20-33(21-25-37)32-16-18-34(19-17-32)40-12-8-28-48-31-40)50-47(49-45)38-26-22-35(23-27-38)44-29-39-11-4-5-13-41(39)42-14-6-7-15-43(42)44/h2,4-31H. The highest BCUT2D eigenvalue weighted by molar-refractivity contribution is 6.13. The predicted octanol–water partition coefficient (Wildman–Crippen LogP) is 11.8. The van der Waals surface area contributed by atoms with Crippen molar-refractivity contribution in [2.75, 3.05) is 0 Å². The number of aromatic nitrogens is 3. The van der Waals surface area contributed by atoms with Gasteiger partial charge in [-0.2, -0.15) is 0 Å². The summed E-state index contributed by atoms with van der Waals surface area (Å²) in [5.74, 6) is 0.676. The second-order valence-electron chi connectivity index (χ2n) is 12.3. The molecule has 9 rings (SSSR count). The number of nitrogens with zero attached hydrogens (tertiary/aromatic N) is 3. The monoisotopic (exact) mass is 635 g/mol. The maximum atomic E-state index is 5.11. The van der Waals surface area contributed by atoms with E-state index in [1.807, 2.05) is 30.5 Å². The first-order valence-corrected chi connectivity index (χ1v) is 16.7. The molecule has 0 fully saturated rings. The Hall–Kier alpha value is -6.89. The summed E-state index contributed by atoms with van der Waals surface area (Å²) in [7, 11) is 0. The molecule has 9 aromatic rings. The van der Waals surface area contributed by atoms with Crippen LogP contribution < -0.4 is 0 Å². The summed E-state index contributed by atoms with van der Waals surface area (Å²) in [6.07, 6.45) is 3.69. The number of rotatable bonds is 6. The zero-order chi connectivity index (χ0) is 33.3. The van der Waals surface area contributed by atoms with Crippen LogP contribution in [0.25, 0.3) is 88.8 Å². The predicted molar refractivity (Wildman–Crippen MR) is 205 cm³/mol. The van der Waals surface area contributed by atoms with Crippen LogP contribution in [-0.4, -0.2) is 15.0 Å². The second-order valence-corrected chi connectivity index (χ2v) is 12.3. The van der Waals surface area contributed by atoms with E-state index in [1.165, 1.54) is 27.1 Å². The van der Waals surface area contributed by atoms with Crippen LogP contribution in [0.4, 0.5) is 0 Å². The normalized spacial score (nSPS) is 11.0. The topological polar surface area (TPSA) is 38.7 Å². The molecule has 0 bridgehead atoms. The van der Waals surface area contributed by atoms with E-state index in [9.17, 15) is 0 Å². The fourth-order valence-corrected chi connectivity index (χ4v) is 6.69. The lowest BCUT2D eigenvalue weighted by Crippen LogP contribution is -1.96. The number of hydrogen-bond donors (Lipinski definition) is 0. The van der Waals surface area contributed by atoms with Gasteiger partial charge in [-0.15, -0.1) is 0 Å². The molecular formula is C47H29N3. The van der Waals surface area contributed by atoms with E-state index in [4.69, 9.17) is 9.97 Å². The quantitative estimate of drug-likeness (QED) is 0.171. The van der Waals surface area contributed by atoms with Crippen LogP contribution in [0.1, 0.15) is 0 Å². The van der Waals surface area contributed by atoms with Crippen molar-refractivity contribution in [2.24, 2.45) is 0 Å². The second kappa shape index (κ2) is 12.6. The van der Waals surface area contributed by atoms with Gasteiger partial charge in [-0.05, 0) is 91.3 Å². The Kier molecular flexibility index (Phi) is 7.38. The third kappa shape index (κ3) is 5.56. The summed E-state index contributed by atoms with van der Waals surface area (Å²) in [6, 6.07) is 63.3. The lowest BCUT2D eigenvalue weighted by molar-refractivity contribution is 1.18. The summed E-state index contributed by atoms with van der Waals surface area (Å²) in [5.41, 5.74) is 11.6. The van der Waals surface area contributed by atoms with Gasteiger partial charge in [-0.1, -0.05) is 140 Å². The lowest BCUT2D eigenvalue weighted by Gasteiger charge is -2.12. The van der Waals surface area contributed by atoms with Crippen molar-refractivity contribution < 1.29 is 0 Å². The fourth-order valence-electron chi connectivity index (χ4n) is 6.69. The minimum absolute atomic E-state index is 0.676. The molecule has 3 heteroatoms. The Bertz CT molecular complexity index is 2590. The first-order valence-electron chi connectivity index (χ1n) is 16.7. The van der Waals surface area contributed by atoms with Gasteiger partial charge in [0.2, 0.25) is 0 Å². The molecule has 0 spiro atoms. The van der Waals surface area contributed by atoms with Gasteiger partial charge in [0, 0.05) is 29.1 Å². The van der Waals surface area contributed by atoms with Gasteiger partial charge < -0.3 is 0 Å². The third-order valence-corrected chi connectivity index (χ3v) is 9.30. The Morgan fingerprint density at radius 1 is 0.400 bits per heavy atom. The van der Waals surface area contributed by atoms with Gasteiger partial charge in [-0.25, -0.2) is 9.97 Å². The van der Waals surface area contributed by atoms with Crippen LogP contribution >= 0.6 is 0 Å². The Labute approximate surface area is 291 Å². The molecule has 0 saturated carbocycles. The maximum absolute atomic E-state index is 5.11. The SMILES string of the molecule is c1ccc(-c2cc(-c3ccc(-c4ccc(-c5cccnc5)cc4)cc3)nc(-c3ccc(-c4cc5ccccc5c5ccccc45)cc3)n2)cc#1. The van der Waals surface area contributed by atoms with Crippen molar-refractivity contribution in [3.63, 3.8) is 0 Å². The maximum Gasteiger partial charge on any atom is 0.160 e. The van der Waals surface area contributed by atoms with E-state index in [2.05, 4.69) is 157 Å². The molecule has 2 heterocycles. The molecule has 0 aliphatic heterocycles. The van der Waals surface area contributed by atoms with Crippen molar-refractivity contribution in [1.82, 2.24) is 15.0 Å². The van der Waals surface area contributed by atoms with Crippen molar-refractivity contribution in [3.05, 3.63) is 188 Å². The zero-order valence-corrected chi connectivity index (χ0v) is 27.1. The molecule has 0 saturated heterocycles. The summed E-state index contributed by atoms with van der Waals surface area (Å²) in [4.78, 5) is 14.4. The molecule has 0 unspecified atom stereocenters. The molecule has 0 radical (unpaired) electrons. The summed E-state index contributed by atoms with van der Waals surface area (Å²) in [5, 5.41) is 5.00. The summed E-state index contributed by atoms with van der Waals surface area (Å²) < 4.78 is 0. The third-order valence-electron chi connectivity index (χ3n) is 9.30. The van der Waals surface area contributed by atoms with Crippen LogP contribution in [-0.2, 0) is 0 Å². The molecule has 50 heavy (non-hydrogen) atoms. The average Bonchev–Trinajstić information content (AvgIpc) is 3.21. The van der Waals surface area contributed by atoms with Gasteiger partial charge in [0.1, 0.15) is 0 Å². The van der Waals surface area contributed by atoms with Crippen LogP contribution in [0, 0.1) is 12.1 Å². The van der Waals surface area contributed by atoms with Crippen LogP contribution in [0.2, 0.25) is 0 Å². The van der Waals surface area contributed by atoms with Crippen LogP contribution in [0.15, 0.2) is 176 Å². The molecule has 0 amide bonds. The average molecular weight is 636 g/mol. The minimum Gasteiger partial charge on any atom is -0.264 e. The van der Waals surface area contributed by atoms with E-state index in [0.717, 1.165) is 55.9 Å². The number of fused-ring (bicyclic) bond motifs is 3. The first-order chi connectivity index (χ1) is 24.8. The van der Waals surface area contributed by atoms with Crippen LogP contribution in [0.3, 0.4) is 0 Å². The van der Waals surface area contributed by atoms with E-state index in [-0.39, 0.29) is 0 Å². The van der Waals surface area contributed by atoms with E-state index in [1.54, 1.807) is 6.20 Å². The Balaban J connectivity index is 1.07. The molecule has 232 valence electrons. The van der Waals surface area contributed by atoms with Gasteiger partial charge in [0.05, 0.1) is 11.4 Å². The van der Waals surface area contributed by atoms with Crippen LogP contribution in [0.5, 0.6) is 0 Å². The van der Waals surface area contributed by atoms with E-state index >= 15 is 0 Å². The van der Waals surface area contributed by atoms with Gasteiger partial charge in [0.25, 0.3) is 0 Å². The van der Waals surface area contributed by atoms with Crippen molar-refractivity contribution in [3.8, 4) is 67.3 Å². The summed E-state index contributed by atoms with van der Waals surface area (Å²) in [6.45, 7) is 0. The summed E-state index contributed by atoms with van der Waals surface area (Å²) >= 11 is 0. The number of pyridine rings is 1. The molecule has 3 nitrogen and oxygen atoms in total. The van der Waals surface area contributed by atoms with E-state index < -0.39 is 0 Å². The molecule has 2 aromatic heterocycles. The van der Waals surface area contributed by atoms with Crippen molar-refractivity contribution >= 4 is 21.5 Å². The molecule has 0 N–H and O–H groups in total. The Morgan fingerprint density at radius 3 is 1.68 bits per heavy atom. The largest absolute Gasteiger partial charge is 0.264 e. The van der Waals surface area contributed by atoms with Crippen molar-refractivity contribution in [1.29, 1.82) is 0 Å². The smallest absolute Gasteiger partial charge is 0.160 e. The van der Waals surface area contributed by atoms with Gasteiger partial charge in [0.15, 0.2) is 5.82 Å². The molecular weight excluding hydrogens is 607 g/mol. The highest BCUT2D eigenvalue weighted by Crippen LogP contribution is 2.36. The molecule has 0 aliphatic carbocycles. The number of benzene rings is 6. The molecule has 7 aromatic carbocycles. The molecule has 0 aliphatic rings. The zero-order valence-electron chi connectivity index (χ0n) is 27.1. The Morgan fingerprint density at radius 2 is 1.00 bits per heavy atom. The fraction of sp³-hybridized carbons (Fsp3) is 0. The lowest BCUT2D eigenvalue weighted by atomic mass is 9.93. The van der Waals surface area contributed by atoms with E-state index in [0.29, 0.717) is 5.82 Å². The highest BCUT2D eigenvalue weighted by atomic mass is 14.9. The van der Waals surface area contributed by atoms with Gasteiger partial charge in [-0.3, -0.25) is 4.98 Å². The number of hydrogen-bond acceptors (Lipinski definition) is 3.